The van der Waals surface area contributed by atoms with Crippen molar-refractivity contribution in [3.63, 3.8) is 0 Å². The van der Waals surface area contributed by atoms with Crippen LogP contribution in [0.15, 0.2) is 36.4 Å². The van der Waals surface area contributed by atoms with E-state index in [1.165, 1.54) is 16.7 Å². The molecule has 0 aliphatic carbocycles. The number of hydrogen-bond donors (Lipinski definition) is 1. The zero-order valence-electron chi connectivity index (χ0n) is 10.4. The maximum atomic E-state index is 5.99. The van der Waals surface area contributed by atoms with Crippen LogP contribution in [0.4, 0.5) is 5.69 Å². The van der Waals surface area contributed by atoms with Gasteiger partial charge in [0.1, 0.15) is 5.75 Å². The molecule has 0 fully saturated rings. The number of benzene rings is 2. The van der Waals surface area contributed by atoms with E-state index in [2.05, 4.69) is 25.1 Å². The number of ether oxygens (including phenoxy) is 1. The van der Waals surface area contributed by atoms with Crippen molar-refractivity contribution in [3.05, 3.63) is 47.5 Å². The first-order valence-electron chi connectivity index (χ1n) is 5.63. The van der Waals surface area contributed by atoms with Crippen molar-refractivity contribution in [3.8, 4) is 16.9 Å². The molecule has 0 aliphatic heterocycles. The molecule has 0 bridgehead atoms. The van der Waals surface area contributed by atoms with E-state index >= 15 is 0 Å². The highest BCUT2D eigenvalue weighted by atomic mass is 16.5. The molecule has 0 amide bonds. The van der Waals surface area contributed by atoms with Gasteiger partial charge in [-0.15, -0.1) is 0 Å². The van der Waals surface area contributed by atoms with E-state index in [0.29, 0.717) is 0 Å². The molecule has 0 unspecified atom stereocenters. The van der Waals surface area contributed by atoms with Gasteiger partial charge in [-0.25, -0.2) is 0 Å². The Balaban J connectivity index is 2.52. The molecule has 17 heavy (non-hydrogen) atoms. The van der Waals surface area contributed by atoms with Crippen LogP contribution in [0.25, 0.3) is 11.1 Å². The third-order valence-electron chi connectivity index (χ3n) is 2.99. The summed E-state index contributed by atoms with van der Waals surface area (Å²) < 4.78 is 5.16. The molecule has 0 aliphatic rings. The summed E-state index contributed by atoms with van der Waals surface area (Å²) in [6.45, 7) is 4.11. The van der Waals surface area contributed by atoms with Gasteiger partial charge in [-0.1, -0.05) is 18.2 Å². The first-order valence-corrected chi connectivity index (χ1v) is 5.63. The molecule has 0 saturated carbocycles. The van der Waals surface area contributed by atoms with E-state index in [1.807, 2.05) is 25.1 Å². The molecule has 0 aromatic heterocycles. The van der Waals surface area contributed by atoms with Gasteiger partial charge in [0.25, 0.3) is 0 Å². The largest absolute Gasteiger partial charge is 0.497 e. The molecule has 2 nitrogen and oxygen atoms in total. The number of hydrogen-bond acceptors (Lipinski definition) is 2. The number of aryl methyl sites for hydroxylation is 1. The van der Waals surface area contributed by atoms with Crippen LogP contribution < -0.4 is 10.5 Å². The van der Waals surface area contributed by atoms with Crippen molar-refractivity contribution in [2.45, 2.75) is 13.8 Å². The Morgan fingerprint density at radius 1 is 1.00 bits per heavy atom. The average molecular weight is 227 g/mol. The van der Waals surface area contributed by atoms with Crippen molar-refractivity contribution in [2.24, 2.45) is 0 Å². The fourth-order valence-electron chi connectivity index (χ4n) is 1.96. The second-order valence-electron chi connectivity index (χ2n) is 4.26. The van der Waals surface area contributed by atoms with Crippen LogP contribution in [0.1, 0.15) is 11.1 Å². The lowest BCUT2D eigenvalue weighted by Gasteiger charge is -2.11. The monoisotopic (exact) mass is 227 g/mol. The van der Waals surface area contributed by atoms with Gasteiger partial charge in [0.2, 0.25) is 0 Å². The Kier molecular flexibility index (Phi) is 3.05. The van der Waals surface area contributed by atoms with Crippen molar-refractivity contribution in [2.75, 3.05) is 12.8 Å². The lowest BCUT2D eigenvalue weighted by atomic mass is 9.97. The molecule has 2 aromatic rings. The third kappa shape index (κ3) is 2.26. The van der Waals surface area contributed by atoms with Crippen LogP contribution in [0.5, 0.6) is 5.75 Å². The summed E-state index contributed by atoms with van der Waals surface area (Å²) >= 11 is 0. The summed E-state index contributed by atoms with van der Waals surface area (Å²) in [6, 6.07) is 12.2. The molecule has 0 radical (unpaired) electrons. The van der Waals surface area contributed by atoms with E-state index in [9.17, 15) is 0 Å². The minimum Gasteiger partial charge on any atom is -0.497 e. The van der Waals surface area contributed by atoms with Crippen molar-refractivity contribution in [1.29, 1.82) is 0 Å². The van der Waals surface area contributed by atoms with Gasteiger partial charge in [0.15, 0.2) is 0 Å². The van der Waals surface area contributed by atoms with Crippen LogP contribution in [0.2, 0.25) is 0 Å². The molecule has 2 heteroatoms. The fourth-order valence-corrected chi connectivity index (χ4v) is 1.96. The molecule has 2 aromatic carbocycles. The SMILES string of the molecule is COc1ccc(-c2cc(C)cc(N)c2C)cc1. The Bertz CT molecular complexity index is 529. The summed E-state index contributed by atoms with van der Waals surface area (Å²) in [5.74, 6) is 0.868. The lowest BCUT2D eigenvalue weighted by molar-refractivity contribution is 0.415. The van der Waals surface area contributed by atoms with Gasteiger partial charge >= 0.3 is 0 Å². The van der Waals surface area contributed by atoms with Crippen LogP contribution >= 0.6 is 0 Å². The molecule has 0 spiro atoms. The molecule has 88 valence electrons. The van der Waals surface area contributed by atoms with Crippen molar-refractivity contribution >= 4 is 5.69 Å². The molecule has 2 N–H and O–H groups in total. The summed E-state index contributed by atoms with van der Waals surface area (Å²) in [5.41, 5.74) is 11.5. The van der Waals surface area contributed by atoms with Gasteiger partial charge in [-0.05, 0) is 54.3 Å². The standard InChI is InChI=1S/C15H17NO/c1-10-8-14(11(2)15(16)9-10)12-4-6-13(17-3)7-5-12/h4-9H,16H2,1-3H3. The molecule has 0 atom stereocenters. The zero-order chi connectivity index (χ0) is 12.4. The van der Waals surface area contributed by atoms with E-state index in [1.54, 1.807) is 7.11 Å². The van der Waals surface area contributed by atoms with Crippen LogP contribution in [0, 0.1) is 13.8 Å². The number of methoxy groups -OCH3 is 1. The predicted molar refractivity (Wildman–Crippen MR) is 72.3 cm³/mol. The Morgan fingerprint density at radius 3 is 2.24 bits per heavy atom. The number of anilines is 1. The third-order valence-corrected chi connectivity index (χ3v) is 2.99. The Morgan fingerprint density at radius 2 is 1.65 bits per heavy atom. The predicted octanol–water partition coefficient (Wildman–Crippen LogP) is 3.56. The topological polar surface area (TPSA) is 35.2 Å². The molecule has 0 heterocycles. The summed E-state index contributed by atoms with van der Waals surface area (Å²) in [6.07, 6.45) is 0. The summed E-state index contributed by atoms with van der Waals surface area (Å²) in [4.78, 5) is 0. The minimum absolute atomic E-state index is 0.843. The summed E-state index contributed by atoms with van der Waals surface area (Å²) in [5, 5.41) is 0. The first kappa shape index (κ1) is 11.5. The highest BCUT2D eigenvalue weighted by molar-refractivity contribution is 5.74. The maximum Gasteiger partial charge on any atom is 0.118 e. The number of rotatable bonds is 2. The second kappa shape index (κ2) is 4.50. The molecular formula is C15H17NO. The first-order chi connectivity index (χ1) is 8.11. The number of nitrogens with two attached hydrogens (primary N) is 1. The lowest BCUT2D eigenvalue weighted by Crippen LogP contribution is -1.94. The van der Waals surface area contributed by atoms with Gasteiger partial charge in [0, 0.05) is 5.69 Å². The normalized spacial score (nSPS) is 10.3. The van der Waals surface area contributed by atoms with E-state index < -0.39 is 0 Å². The van der Waals surface area contributed by atoms with Gasteiger partial charge in [0.05, 0.1) is 7.11 Å². The zero-order valence-corrected chi connectivity index (χ0v) is 10.4. The number of nitrogen functional groups attached to an aromatic ring is 1. The molecule has 2 rings (SSSR count). The van der Waals surface area contributed by atoms with Crippen molar-refractivity contribution in [1.82, 2.24) is 0 Å². The quantitative estimate of drug-likeness (QED) is 0.796. The van der Waals surface area contributed by atoms with Crippen LogP contribution in [0.3, 0.4) is 0 Å². The highest BCUT2D eigenvalue weighted by Crippen LogP contribution is 2.29. The Labute approximate surface area is 102 Å². The van der Waals surface area contributed by atoms with Gasteiger partial charge < -0.3 is 10.5 Å². The van der Waals surface area contributed by atoms with E-state index in [-0.39, 0.29) is 0 Å². The maximum absolute atomic E-state index is 5.99. The molecule has 0 saturated heterocycles. The van der Waals surface area contributed by atoms with E-state index in [0.717, 1.165) is 17.0 Å². The van der Waals surface area contributed by atoms with E-state index in [4.69, 9.17) is 10.5 Å². The average Bonchev–Trinajstić information content (AvgIpc) is 2.34. The second-order valence-corrected chi connectivity index (χ2v) is 4.26. The van der Waals surface area contributed by atoms with Crippen LogP contribution in [-0.4, -0.2) is 7.11 Å². The minimum atomic E-state index is 0.843. The smallest absolute Gasteiger partial charge is 0.118 e. The molecular weight excluding hydrogens is 210 g/mol. The summed E-state index contributed by atoms with van der Waals surface area (Å²) in [7, 11) is 1.67. The Hall–Kier alpha value is -1.96. The highest BCUT2D eigenvalue weighted by Gasteiger charge is 2.05. The fraction of sp³-hybridized carbons (Fsp3) is 0.200. The van der Waals surface area contributed by atoms with Gasteiger partial charge in [-0.3, -0.25) is 0 Å². The van der Waals surface area contributed by atoms with Crippen LogP contribution in [-0.2, 0) is 0 Å². The van der Waals surface area contributed by atoms with Crippen molar-refractivity contribution < 1.29 is 4.74 Å². The van der Waals surface area contributed by atoms with Gasteiger partial charge in [-0.2, -0.15) is 0 Å².